The molecule has 0 radical (unpaired) electrons. The molecule has 0 aliphatic carbocycles. The van der Waals surface area contributed by atoms with Gasteiger partial charge in [-0.3, -0.25) is 9.67 Å². The third kappa shape index (κ3) is 4.45. The van der Waals surface area contributed by atoms with E-state index in [1.807, 2.05) is 0 Å². The minimum Gasteiger partial charge on any atom is -0.405 e. The van der Waals surface area contributed by atoms with E-state index >= 15 is 0 Å². The van der Waals surface area contributed by atoms with Gasteiger partial charge in [0.05, 0.1) is 25.0 Å². The van der Waals surface area contributed by atoms with E-state index in [-0.39, 0.29) is 23.7 Å². The maximum atomic E-state index is 12.7. The Bertz CT molecular complexity index is 1230. The average Bonchev–Trinajstić information content (AvgIpc) is 3.29. The summed E-state index contributed by atoms with van der Waals surface area (Å²) in [4.78, 5) is 23.4. The van der Waals surface area contributed by atoms with Crippen LogP contribution in [0.25, 0.3) is 11.2 Å². The van der Waals surface area contributed by atoms with Crippen molar-refractivity contribution in [3.8, 4) is 5.75 Å². The summed E-state index contributed by atoms with van der Waals surface area (Å²) < 4.78 is 44.1. The number of aromatic amines is 2. The van der Waals surface area contributed by atoms with Crippen molar-refractivity contribution < 1.29 is 17.9 Å². The molecule has 3 N–H and O–H groups in total. The van der Waals surface area contributed by atoms with Crippen molar-refractivity contribution in [2.75, 3.05) is 5.32 Å². The van der Waals surface area contributed by atoms with Crippen molar-refractivity contribution in [2.45, 2.75) is 19.5 Å². The van der Waals surface area contributed by atoms with Gasteiger partial charge in [-0.25, -0.2) is 9.78 Å². The largest absolute Gasteiger partial charge is 0.573 e. The molecule has 9 nitrogen and oxygen atoms in total. The topological polar surface area (TPSA) is 114 Å². The van der Waals surface area contributed by atoms with Gasteiger partial charge in [0, 0.05) is 16.2 Å². The van der Waals surface area contributed by atoms with Gasteiger partial charge in [0.15, 0.2) is 5.65 Å². The summed E-state index contributed by atoms with van der Waals surface area (Å²) in [7, 11) is 0. The fraction of sp³-hybridized carbons (Fsp3) is 0.176. The standard InChI is InChI=1S/C17H13BrF3N7O2/c18-10-1-2-13(30-17(19,20)21)9(5-10)8-28-14-12(25-16(28)29)7-23-15(26-14)22-6-11-3-4-24-27-11/h1-5,7H,6,8H2,(H,24,27)(H,25,29)(H,22,23,26). The molecule has 0 spiro atoms. The molecule has 0 amide bonds. The highest BCUT2D eigenvalue weighted by atomic mass is 79.9. The Morgan fingerprint density at radius 1 is 1.27 bits per heavy atom. The molecule has 0 unspecified atom stereocenters. The number of nitrogens with zero attached hydrogens (tertiary/aromatic N) is 4. The van der Waals surface area contributed by atoms with Crippen molar-refractivity contribution >= 4 is 33.0 Å². The molecular weight excluding hydrogens is 471 g/mol. The molecule has 0 aliphatic rings. The summed E-state index contributed by atoms with van der Waals surface area (Å²) >= 11 is 3.22. The molecule has 4 aromatic rings. The summed E-state index contributed by atoms with van der Waals surface area (Å²) in [5.74, 6) is -0.163. The molecular formula is C17H13BrF3N7O2. The van der Waals surface area contributed by atoms with Gasteiger partial charge in [-0.2, -0.15) is 10.1 Å². The van der Waals surface area contributed by atoms with Crippen LogP contribution in [-0.4, -0.2) is 36.1 Å². The van der Waals surface area contributed by atoms with E-state index in [9.17, 15) is 18.0 Å². The molecule has 30 heavy (non-hydrogen) atoms. The number of alkyl halides is 3. The summed E-state index contributed by atoms with van der Waals surface area (Å²) in [6.45, 7) is 0.177. The van der Waals surface area contributed by atoms with Gasteiger partial charge in [-0.15, -0.1) is 13.2 Å². The zero-order valence-electron chi connectivity index (χ0n) is 15.0. The van der Waals surface area contributed by atoms with Crippen LogP contribution in [0.3, 0.4) is 0 Å². The molecule has 0 saturated heterocycles. The first-order valence-corrected chi connectivity index (χ1v) is 9.29. The Balaban J connectivity index is 1.67. The molecule has 4 rings (SSSR count). The van der Waals surface area contributed by atoms with Crippen molar-refractivity contribution in [1.29, 1.82) is 0 Å². The maximum Gasteiger partial charge on any atom is 0.573 e. The molecule has 0 bridgehead atoms. The Hall–Kier alpha value is -3.35. The van der Waals surface area contributed by atoms with Gasteiger partial charge in [0.1, 0.15) is 11.3 Å². The van der Waals surface area contributed by atoms with Gasteiger partial charge in [-0.1, -0.05) is 15.9 Å². The monoisotopic (exact) mass is 483 g/mol. The summed E-state index contributed by atoms with van der Waals surface area (Å²) in [6, 6.07) is 5.82. The Kier molecular flexibility index (Phi) is 5.20. The maximum absolute atomic E-state index is 12.7. The lowest BCUT2D eigenvalue weighted by Gasteiger charge is -2.14. The van der Waals surface area contributed by atoms with Gasteiger partial charge in [0.2, 0.25) is 5.95 Å². The second-order valence-electron chi connectivity index (χ2n) is 6.18. The number of anilines is 1. The van der Waals surface area contributed by atoms with Crippen LogP contribution in [0, 0.1) is 0 Å². The minimum absolute atomic E-state index is 0.148. The van der Waals surface area contributed by atoms with Crippen molar-refractivity contribution in [1.82, 2.24) is 29.7 Å². The minimum atomic E-state index is -4.86. The number of hydrogen-bond donors (Lipinski definition) is 3. The first kappa shape index (κ1) is 19.9. The van der Waals surface area contributed by atoms with E-state index in [4.69, 9.17) is 0 Å². The molecule has 0 fully saturated rings. The van der Waals surface area contributed by atoms with Gasteiger partial charge < -0.3 is 15.0 Å². The fourth-order valence-corrected chi connectivity index (χ4v) is 3.21. The molecule has 0 saturated carbocycles. The van der Waals surface area contributed by atoms with Gasteiger partial charge in [-0.05, 0) is 24.3 Å². The van der Waals surface area contributed by atoms with E-state index in [1.165, 1.54) is 29.0 Å². The number of rotatable bonds is 6. The average molecular weight is 484 g/mol. The van der Waals surface area contributed by atoms with E-state index in [2.05, 4.69) is 51.1 Å². The number of H-pyrrole nitrogens is 2. The van der Waals surface area contributed by atoms with Gasteiger partial charge in [0.25, 0.3) is 0 Å². The summed E-state index contributed by atoms with van der Waals surface area (Å²) in [6.07, 6.45) is -1.84. The van der Waals surface area contributed by atoms with E-state index in [0.717, 1.165) is 5.69 Å². The highest BCUT2D eigenvalue weighted by molar-refractivity contribution is 9.10. The lowest BCUT2D eigenvalue weighted by molar-refractivity contribution is -0.274. The third-order valence-electron chi connectivity index (χ3n) is 4.08. The van der Waals surface area contributed by atoms with Gasteiger partial charge >= 0.3 is 12.1 Å². The molecule has 3 aromatic heterocycles. The normalized spacial score (nSPS) is 11.7. The zero-order valence-corrected chi connectivity index (χ0v) is 16.6. The summed E-state index contributed by atoms with van der Waals surface area (Å²) in [5, 5.41) is 9.61. The van der Waals surface area contributed by atoms with Crippen LogP contribution in [0.4, 0.5) is 19.1 Å². The number of nitrogens with one attached hydrogen (secondary N) is 3. The smallest absolute Gasteiger partial charge is 0.405 e. The number of imidazole rings is 1. The second kappa shape index (κ2) is 7.82. The second-order valence-corrected chi connectivity index (χ2v) is 7.10. The number of halogens is 4. The molecule has 3 heterocycles. The quantitative estimate of drug-likeness (QED) is 0.388. The van der Waals surface area contributed by atoms with Crippen LogP contribution < -0.4 is 15.7 Å². The van der Waals surface area contributed by atoms with E-state index < -0.39 is 17.8 Å². The van der Waals surface area contributed by atoms with Crippen LogP contribution in [0.2, 0.25) is 0 Å². The molecule has 13 heteroatoms. The Morgan fingerprint density at radius 2 is 2.10 bits per heavy atom. The number of ether oxygens (including phenoxy) is 1. The lowest BCUT2D eigenvalue weighted by Crippen LogP contribution is -2.21. The van der Waals surface area contributed by atoms with Crippen molar-refractivity contribution in [2.24, 2.45) is 0 Å². The fourth-order valence-electron chi connectivity index (χ4n) is 2.80. The van der Waals surface area contributed by atoms with Crippen LogP contribution in [0.5, 0.6) is 5.75 Å². The zero-order chi connectivity index (χ0) is 21.3. The number of aromatic nitrogens is 6. The van der Waals surface area contributed by atoms with Crippen LogP contribution >= 0.6 is 15.9 Å². The van der Waals surface area contributed by atoms with Crippen LogP contribution in [0.15, 0.2) is 45.9 Å². The molecule has 1 aromatic carbocycles. The SMILES string of the molecule is O=c1[nH]c2cnc(NCc3ccn[nH]3)nc2n1Cc1cc(Br)ccc1OC(F)(F)F. The number of hydrogen-bond acceptors (Lipinski definition) is 6. The molecule has 156 valence electrons. The van der Waals surface area contributed by atoms with Crippen LogP contribution in [-0.2, 0) is 13.1 Å². The lowest BCUT2D eigenvalue weighted by atomic mass is 10.2. The Morgan fingerprint density at radius 3 is 2.83 bits per heavy atom. The van der Waals surface area contributed by atoms with Crippen molar-refractivity contribution in [3.05, 3.63) is 62.9 Å². The highest BCUT2D eigenvalue weighted by Crippen LogP contribution is 2.29. The predicted octanol–water partition coefficient (Wildman–Crippen LogP) is 3.16. The van der Waals surface area contributed by atoms with Crippen molar-refractivity contribution in [3.63, 3.8) is 0 Å². The number of fused-ring (bicyclic) bond motifs is 1. The van der Waals surface area contributed by atoms with Crippen LogP contribution in [0.1, 0.15) is 11.3 Å². The van der Waals surface area contributed by atoms with E-state index in [1.54, 1.807) is 12.3 Å². The highest BCUT2D eigenvalue weighted by Gasteiger charge is 2.32. The summed E-state index contributed by atoms with van der Waals surface area (Å²) in [5.41, 5.74) is 0.992. The number of benzene rings is 1. The molecule has 0 aliphatic heterocycles. The van der Waals surface area contributed by atoms with E-state index in [0.29, 0.717) is 16.5 Å². The first-order chi connectivity index (χ1) is 14.3. The Labute approximate surface area is 174 Å². The first-order valence-electron chi connectivity index (χ1n) is 8.50. The third-order valence-corrected chi connectivity index (χ3v) is 4.58. The molecule has 0 atom stereocenters. The predicted molar refractivity (Wildman–Crippen MR) is 104 cm³/mol.